The molecule has 0 aliphatic carbocycles. The molecule has 0 radical (unpaired) electrons. The van der Waals surface area contributed by atoms with E-state index in [2.05, 4.69) is 35.6 Å². The fourth-order valence-electron chi connectivity index (χ4n) is 3.44. The number of fused-ring (bicyclic) bond motifs is 1. The zero-order valence-corrected chi connectivity index (χ0v) is 18.1. The van der Waals surface area contributed by atoms with Crippen molar-refractivity contribution in [3.63, 3.8) is 0 Å². The molecule has 0 bridgehead atoms. The van der Waals surface area contributed by atoms with Crippen molar-refractivity contribution in [2.45, 2.75) is 45.7 Å². The molecule has 4 rings (SSSR count). The maximum Gasteiger partial charge on any atom is 0.255 e. The quantitative estimate of drug-likeness (QED) is 0.709. The lowest BCUT2D eigenvalue weighted by molar-refractivity contribution is 0.243. The highest BCUT2D eigenvalue weighted by Crippen LogP contribution is 2.28. The topological polar surface area (TPSA) is 71.1 Å². The lowest BCUT2D eigenvalue weighted by Gasteiger charge is -2.28. The number of nitrogens with one attached hydrogen (secondary N) is 1. The van der Waals surface area contributed by atoms with Crippen LogP contribution >= 0.6 is 11.3 Å². The maximum atomic E-state index is 12.6. The number of methoxy groups -OCH3 is 1. The van der Waals surface area contributed by atoms with Crippen LogP contribution in [0.5, 0.6) is 5.75 Å². The van der Waals surface area contributed by atoms with Gasteiger partial charge in [-0.2, -0.15) is 0 Å². The number of aromatic amines is 1. The van der Waals surface area contributed by atoms with Crippen LogP contribution in [0.4, 0.5) is 0 Å². The van der Waals surface area contributed by atoms with Crippen molar-refractivity contribution >= 4 is 11.3 Å². The number of aromatic nitrogens is 3. The van der Waals surface area contributed by atoms with Crippen molar-refractivity contribution < 1.29 is 4.74 Å². The van der Waals surface area contributed by atoms with Crippen LogP contribution in [0.1, 0.15) is 42.7 Å². The number of rotatable bonds is 4. The molecule has 3 heterocycles. The van der Waals surface area contributed by atoms with Crippen LogP contribution in [-0.2, 0) is 24.9 Å². The van der Waals surface area contributed by atoms with Crippen molar-refractivity contribution in [2.24, 2.45) is 0 Å². The third-order valence-corrected chi connectivity index (χ3v) is 6.16. The molecular weight excluding hydrogens is 384 g/mol. The second-order valence-corrected chi connectivity index (χ2v) is 9.53. The second kappa shape index (κ2) is 7.72. The summed E-state index contributed by atoms with van der Waals surface area (Å²) in [5.74, 6) is 1.60. The van der Waals surface area contributed by atoms with E-state index in [1.54, 1.807) is 18.4 Å². The van der Waals surface area contributed by atoms with Gasteiger partial charge in [-0.25, -0.2) is 9.97 Å². The van der Waals surface area contributed by atoms with E-state index in [-0.39, 0.29) is 11.0 Å². The molecule has 3 aromatic rings. The van der Waals surface area contributed by atoms with Crippen LogP contribution in [-0.4, -0.2) is 33.5 Å². The molecule has 0 atom stereocenters. The summed E-state index contributed by atoms with van der Waals surface area (Å²) in [6.45, 7) is 8.50. The predicted octanol–water partition coefficient (Wildman–Crippen LogP) is 3.76. The van der Waals surface area contributed by atoms with Gasteiger partial charge >= 0.3 is 0 Å². The van der Waals surface area contributed by atoms with E-state index < -0.39 is 0 Å². The Bertz CT molecular complexity index is 1060. The van der Waals surface area contributed by atoms with Crippen molar-refractivity contribution in [1.82, 2.24) is 19.9 Å². The third kappa shape index (κ3) is 4.26. The number of benzene rings is 1. The molecule has 1 aliphatic heterocycles. The molecule has 0 saturated heterocycles. The van der Waals surface area contributed by atoms with Crippen LogP contribution in [0.2, 0.25) is 0 Å². The van der Waals surface area contributed by atoms with Gasteiger partial charge in [0, 0.05) is 48.1 Å². The molecule has 7 heteroatoms. The summed E-state index contributed by atoms with van der Waals surface area (Å²) in [6, 6.07) is 7.94. The van der Waals surface area contributed by atoms with Gasteiger partial charge in [-0.1, -0.05) is 20.8 Å². The number of thiazole rings is 1. The minimum Gasteiger partial charge on any atom is -0.497 e. The molecule has 0 spiro atoms. The number of ether oxygens (including phenoxy) is 1. The highest BCUT2D eigenvalue weighted by Gasteiger charge is 2.25. The zero-order valence-electron chi connectivity index (χ0n) is 17.3. The predicted molar refractivity (Wildman–Crippen MR) is 115 cm³/mol. The van der Waals surface area contributed by atoms with Crippen LogP contribution in [0.3, 0.4) is 0 Å². The van der Waals surface area contributed by atoms with E-state index in [9.17, 15) is 4.79 Å². The third-order valence-electron chi connectivity index (χ3n) is 5.13. The van der Waals surface area contributed by atoms with Gasteiger partial charge in [0.25, 0.3) is 5.56 Å². The summed E-state index contributed by atoms with van der Waals surface area (Å²) in [7, 11) is 1.66. The summed E-state index contributed by atoms with van der Waals surface area (Å²) >= 11 is 1.69. The molecule has 0 saturated carbocycles. The molecule has 1 aromatic carbocycles. The Kier molecular flexibility index (Phi) is 5.27. The molecular formula is C22H26N4O2S. The number of hydrogen-bond acceptors (Lipinski definition) is 6. The van der Waals surface area contributed by atoms with Gasteiger partial charge in [-0.3, -0.25) is 9.69 Å². The van der Waals surface area contributed by atoms with Crippen molar-refractivity contribution in [3.05, 3.63) is 62.8 Å². The Morgan fingerprint density at radius 1 is 1.24 bits per heavy atom. The van der Waals surface area contributed by atoms with E-state index in [1.807, 2.05) is 30.5 Å². The lowest BCUT2D eigenvalue weighted by atomic mass is 9.95. The number of nitrogens with zero attached hydrogens (tertiary/aromatic N) is 3. The minimum atomic E-state index is -0.161. The van der Waals surface area contributed by atoms with Crippen LogP contribution in [0.25, 0.3) is 10.6 Å². The molecule has 2 aromatic heterocycles. The second-order valence-electron chi connectivity index (χ2n) is 8.41. The molecule has 0 amide bonds. The summed E-state index contributed by atoms with van der Waals surface area (Å²) in [6.07, 6.45) is 2.73. The highest BCUT2D eigenvalue weighted by atomic mass is 32.1. The fraction of sp³-hybridized carbons (Fsp3) is 0.409. The average Bonchev–Trinajstić information content (AvgIpc) is 3.16. The summed E-state index contributed by atoms with van der Waals surface area (Å²) < 4.78 is 5.22. The monoisotopic (exact) mass is 410 g/mol. The Morgan fingerprint density at radius 2 is 2.00 bits per heavy atom. The first-order valence-corrected chi connectivity index (χ1v) is 10.6. The molecule has 1 aliphatic rings. The van der Waals surface area contributed by atoms with Crippen molar-refractivity contribution in [1.29, 1.82) is 0 Å². The van der Waals surface area contributed by atoms with Gasteiger partial charge in [-0.15, -0.1) is 11.3 Å². The van der Waals surface area contributed by atoms with Crippen molar-refractivity contribution in [2.75, 3.05) is 13.7 Å². The molecule has 29 heavy (non-hydrogen) atoms. The Hall–Kier alpha value is -2.51. The maximum absolute atomic E-state index is 12.6. The molecule has 152 valence electrons. The van der Waals surface area contributed by atoms with E-state index in [1.165, 1.54) is 4.88 Å². The van der Waals surface area contributed by atoms with Crippen molar-refractivity contribution in [3.8, 4) is 16.3 Å². The van der Waals surface area contributed by atoms with Gasteiger partial charge in [0.05, 0.1) is 18.4 Å². The lowest BCUT2D eigenvalue weighted by Crippen LogP contribution is -2.36. The van der Waals surface area contributed by atoms with E-state index in [0.29, 0.717) is 6.54 Å². The Balaban J connectivity index is 1.48. The summed E-state index contributed by atoms with van der Waals surface area (Å²) in [5, 5.41) is 0.995. The normalized spacial score (nSPS) is 14.6. The van der Waals surface area contributed by atoms with Gasteiger partial charge in [0.1, 0.15) is 16.6 Å². The first-order chi connectivity index (χ1) is 13.8. The molecule has 0 unspecified atom stereocenters. The average molecular weight is 411 g/mol. The molecule has 1 N–H and O–H groups in total. The van der Waals surface area contributed by atoms with Gasteiger partial charge in [-0.05, 0) is 24.3 Å². The zero-order chi connectivity index (χ0) is 20.6. The number of hydrogen-bond donors (Lipinski definition) is 1. The summed E-state index contributed by atoms with van der Waals surface area (Å²) in [4.78, 5) is 28.4. The van der Waals surface area contributed by atoms with Gasteiger partial charge in [0.15, 0.2) is 0 Å². The standard InChI is InChI=1S/C22H26N4O2S/c1-22(2,3)21-24-18-9-10-26(13-17(18)19(27)25-21)12-16-11-23-20(29-16)14-5-7-15(28-4)8-6-14/h5-8,11H,9-10,12-13H2,1-4H3,(H,24,25,27). The van der Waals surface area contributed by atoms with Crippen LogP contribution < -0.4 is 10.3 Å². The minimum absolute atomic E-state index is 0.00662. The van der Waals surface area contributed by atoms with E-state index in [4.69, 9.17) is 9.72 Å². The van der Waals surface area contributed by atoms with Gasteiger partial charge < -0.3 is 9.72 Å². The van der Waals surface area contributed by atoms with Crippen LogP contribution in [0, 0.1) is 0 Å². The summed E-state index contributed by atoms with van der Waals surface area (Å²) in [5.41, 5.74) is 2.66. The Morgan fingerprint density at radius 3 is 2.69 bits per heavy atom. The van der Waals surface area contributed by atoms with E-state index >= 15 is 0 Å². The first kappa shape index (κ1) is 19.8. The van der Waals surface area contributed by atoms with Crippen LogP contribution in [0.15, 0.2) is 35.3 Å². The van der Waals surface area contributed by atoms with E-state index in [0.717, 1.165) is 52.9 Å². The molecule has 6 nitrogen and oxygen atoms in total. The first-order valence-electron chi connectivity index (χ1n) is 9.77. The molecule has 0 fully saturated rings. The smallest absolute Gasteiger partial charge is 0.255 e. The number of H-pyrrole nitrogens is 1. The fourth-order valence-corrected chi connectivity index (χ4v) is 4.40. The Labute approximate surface area is 174 Å². The van der Waals surface area contributed by atoms with Gasteiger partial charge in [0.2, 0.25) is 0 Å². The largest absolute Gasteiger partial charge is 0.497 e. The SMILES string of the molecule is COc1ccc(-c2ncc(CN3CCc4nc(C(C)(C)C)[nH]c(=O)c4C3)s2)cc1. The highest BCUT2D eigenvalue weighted by molar-refractivity contribution is 7.15.